The van der Waals surface area contributed by atoms with Crippen molar-refractivity contribution in [3.8, 4) is 16.8 Å². The Morgan fingerprint density at radius 1 is 0.550 bits per heavy atom. The molecule has 4 bridgehead atoms. The minimum absolute atomic E-state index is 0.0650. The second kappa shape index (κ2) is 8.76. The van der Waals surface area contributed by atoms with Gasteiger partial charge in [-0.05, 0) is 208 Å². The Morgan fingerprint density at radius 3 is 1.98 bits per heavy atom. The number of aromatic nitrogens is 2. The predicted octanol–water partition coefficient (Wildman–Crippen LogP) is 11.9. The topological polar surface area (TPSA) is 23.0 Å². The third-order valence-electron chi connectivity index (χ3n) is 21.5. The highest BCUT2D eigenvalue weighted by Crippen LogP contribution is 2.85. The summed E-state index contributed by atoms with van der Waals surface area (Å²) in [4.78, 5) is 0. The van der Waals surface area contributed by atoms with Gasteiger partial charge in [0.2, 0.25) is 0 Å². The first-order chi connectivity index (χ1) is 29.6. The Balaban J connectivity index is 0.973. The summed E-state index contributed by atoms with van der Waals surface area (Å²) in [5.41, 5.74) is 20.0. The summed E-state index contributed by atoms with van der Waals surface area (Å²) in [6, 6.07) is 41.3. The lowest BCUT2D eigenvalue weighted by Crippen LogP contribution is -2.59. The van der Waals surface area contributed by atoms with E-state index in [0.29, 0.717) is 21.7 Å². The molecule has 2 aliphatic heterocycles. The van der Waals surface area contributed by atoms with Crippen LogP contribution in [0.3, 0.4) is 0 Å². The first-order valence-electron chi connectivity index (χ1n) is 23.7. The van der Waals surface area contributed by atoms with Gasteiger partial charge in [-0.1, -0.05) is 54.6 Å². The van der Waals surface area contributed by atoms with Crippen LogP contribution in [0.2, 0.25) is 0 Å². The Bertz CT molecular complexity index is 3640. The van der Waals surface area contributed by atoms with Crippen LogP contribution in [-0.2, 0) is 10.8 Å². The van der Waals surface area contributed by atoms with Gasteiger partial charge in [-0.2, -0.15) is 0 Å². The fourth-order valence-corrected chi connectivity index (χ4v) is 19.6. The van der Waals surface area contributed by atoms with Crippen LogP contribution in [0.1, 0.15) is 75.3 Å². The van der Waals surface area contributed by atoms with Crippen molar-refractivity contribution in [2.75, 3.05) is 0 Å². The number of furan rings is 1. The highest BCUT2D eigenvalue weighted by molar-refractivity contribution is 6.90. The highest BCUT2D eigenvalue weighted by atomic mass is 16.3. The molecule has 2 spiro atoms. The van der Waals surface area contributed by atoms with Crippen LogP contribution in [-0.4, -0.2) is 15.9 Å². The minimum atomic E-state index is 0.0650. The van der Waals surface area contributed by atoms with E-state index in [1.54, 1.807) is 11.1 Å². The third-order valence-corrected chi connectivity index (χ3v) is 21.5. The number of para-hydroxylation sites is 2. The zero-order chi connectivity index (χ0) is 38.0. The second-order valence-electron chi connectivity index (χ2n) is 22.8. The molecule has 19 rings (SSSR count). The fraction of sp³-hybridized carbons (Fsp3) is 0.357. The van der Waals surface area contributed by atoms with E-state index in [4.69, 9.17) is 4.42 Å². The molecule has 0 radical (unpaired) electrons. The van der Waals surface area contributed by atoms with Crippen LogP contribution in [0.25, 0.3) is 82.4 Å². The van der Waals surface area contributed by atoms with E-state index in [0.717, 1.165) is 46.7 Å². The van der Waals surface area contributed by atoms with Crippen molar-refractivity contribution in [2.45, 2.75) is 75.0 Å². The average Bonchev–Trinajstić information content (AvgIpc) is 4.11. The lowest BCUT2D eigenvalue weighted by atomic mass is 9.38. The molecule has 60 heavy (non-hydrogen) atoms. The number of nitrogens with zero attached hydrogens (tertiary/aromatic N) is 2. The van der Waals surface area contributed by atoms with E-state index in [1.807, 2.05) is 0 Å². The Hall–Kier alpha value is -5.22. The molecule has 4 unspecified atom stereocenters. The average molecular weight is 771 g/mol. The Labute approximate surface area is 347 Å². The van der Waals surface area contributed by atoms with Gasteiger partial charge in [0, 0.05) is 43.8 Å². The maximum Gasteiger partial charge on any atom is 0.333 e. The van der Waals surface area contributed by atoms with Crippen LogP contribution in [0, 0.1) is 46.3 Å². The summed E-state index contributed by atoms with van der Waals surface area (Å²) < 4.78 is 12.3. The van der Waals surface area contributed by atoms with E-state index >= 15 is 0 Å². The molecule has 286 valence electrons. The van der Waals surface area contributed by atoms with E-state index in [1.165, 1.54) is 146 Å². The Morgan fingerprint density at radius 2 is 1.23 bits per heavy atom. The molecule has 4 atom stereocenters. The molecule has 8 fully saturated rings. The smallest absolute Gasteiger partial charge is 0.333 e. The zero-order valence-corrected chi connectivity index (χ0v) is 33.7. The van der Waals surface area contributed by atoms with Crippen molar-refractivity contribution < 1.29 is 4.42 Å². The van der Waals surface area contributed by atoms with Gasteiger partial charge >= 0.3 is 6.85 Å². The number of benzene rings is 6. The van der Waals surface area contributed by atoms with Gasteiger partial charge in [0.15, 0.2) is 5.58 Å². The monoisotopic (exact) mass is 770 g/mol. The normalized spacial score (nSPS) is 36.9. The van der Waals surface area contributed by atoms with Crippen LogP contribution in [0.5, 0.6) is 0 Å². The maximum atomic E-state index is 6.84. The lowest BCUT2D eigenvalue weighted by Gasteiger charge is -2.66. The van der Waals surface area contributed by atoms with Gasteiger partial charge in [0.25, 0.3) is 0 Å². The SMILES string of the molecule is c1ccc2c3c4c(cc2c1)-n1c2c(cccc2c2oc5ccccc5c21)B4n1c2ccc(C45CC6CC7CC(C4)C76C5)cc2c2cc(C45CC6CC7CC(C4)C76C5)cc-3c21. The van der Waals surface area contributed by atoms with Crippen LogP contribution in [0.15, 0.2) is 108 Å². The first-order valence-corrected chi connectivity index (χ1v) is 23.7. The minimum Gasteiger partial charge on any atom is -0.454 e. The molecule has 0 N–H and O–H groups in total. The summed E-state index contributed by atoms with van der Waals surface area (Å²) in [7, 11) is 0. The van der Waals surface area contributed by atoms with Crippen molar-refractivity contribution in [2.24, 2.45) is 46.3 Å². The molecule has 0 amide bonds. The lowest BCUT2D eigenvalue weighted by molar-refractivity contribution is -0.175. The number of fused-ring (bicyclic) bond motifs is 16. The van der Waals surface area contributed by atoms with Crippen LogP contribution >= 0.6 is 0 Å². The third kappa shape index (κ3) is 2.73. The van der Waals surface area contributed by atoms with Crippen molar-refractivity contribution in [3.63, 3.8) is 0 Å². The van der Waals surface area contributed by atoms with Crippen molar-refractivity contribution in [1.82, 2.24) is 9.05 Å². The summed E-state index contributed by atoms with van der Waals surface area (Å²) in [5, 5.41) is 8.21. The van der Waals surface area contributed by atoms with E-state index < -0.39 is 0 Å². The molecule has 8 saturated carbocycles. The molecule has 4 heteroatoms. The first kappa shape index (κ1) is 29.9. The Kier molecular flexibility index (Phi) is 4.37. The van der Waals surface area contributed by atoms with E-state index in [2.05, 4.69) is 112 Å². The van der Waals surface area contributed by atoms with E-state index in [-0.39, 0.29) is 6.85 Å². The molecule has 5 heterocycles. The zero-order valence-electron chi connectivity index (χ0n) is 33.7. The van der Waals surface area contributed by atoms with Crippen LogP contribution in [0.4, 0.5) is 0 Å². The molecule has 3 aromatic heterocycles. The maximum absolute atomic E-state index is 6.84. The number of rotatable bonds is 2. The number of hydrogen-bond acceptors (Lipinski definition) is 1. The number of hydrogen-bond donors (Lipinski definition) is 0. The summed E-state index contributed by atoms with van der Waals surface area (Å²) >= 11 is 0. The molecule has 0 saturated heterocycles. The molecular weight excluding hydrogens is 727 g/mol. The quantitative estimate of drug-likeness (QED) is 0.161. The largest absolute Gasteiger partial charge is 0.454 e. The van der Waals surface area contributed by atoms with Gasteiger partial charge in [-0.25, -0.2) is 0 Å². The van der Waals surface area contributed by atoms with Gasteiger partial charge in [0.05, 0.1) is 5.52 Å². The standard InChI is InChI=1S/C56H43BN2O/c1-2-7-37-28(6-1)14-45-48-47(37)42-21-30(54-24-35-17-32-18-36(25-54)56(32,35)27-54)20-41-40-19-29(53-22-33-15-31-16-34(23-53)55(31,33)26-53)12-13-44(40)59(49(41)42)57(48)43-10-5-9-39-50(43)58(45)51-38-8-3-4-11-46(38)60-52(39)51/h1-14,19-21,31-36H,15-18,22-27H2. The molecule has 6 aromatic carbocycles. The fourth-order valence-electron chi connectivity index (χ4n) is 19.6. The van der Waals surface area contributed by atoms with E-state index in [9.17, 15) is 0 Å². The van der Waals surface area contributed by atoms with Gasteiger partial charge in [-0.15, -0.1) is 0 Å². The van der Waals surface area contributed by atoms with Crippen molar-refractivity contribution in [3.05, 3.63) is 114 Å². The van der Waals surface area contributed by atoms with Gasteiger partial charge < -0.3 is 13.5 Å². The molecule has 8 aliphatic carbocycles. The molecule has 9 aromatic rings. The summed E-state index contributed by atoms with van der Waals surface area (Å²) in [5.74, 6) is 5.96. The highest BCUT2D eigenvalue weighted by Gasteiger charge is 2.78. The van der Waals surface area contributed by atoms with Gasteiger partial charge in [0.1, 0.15) is 11.1 Å². The van der Waals surface area contributed by atoms with Crippen molar-refractivity contribution >= 4 is 83.3 Å². The predicted molar refractivity (Wildman–Crippen MR) is 242 cm³/mol. The molecular formula is C56H43BN2O. The van der Waals surface area contributed by atoms with Gasteiger partial charge in [-0.3, -0.25) is 0 Å². The summed E-state index contributed by atoms with van der Waals surface area (Å²) in [6.45, 7) is 0.0650. The molecule has 10 aliphatic rings. The molecule has 3 nitrogen and oxygen atoms in total. The summed E-state index contributed by atoms with van der Waals surface area (Å²) in [6.07, 6.45) is 14.7. The van der Waals surface area contributed by atoms with Crippen molar-refractivity contribution in [1.29, 1.82) is 0 Å². The second-order valence-corrected chi connectivity index (χ2v) is 22.8. The van der Waals surface area contributed by atoms with Crippen LogP contribution < -0.4 is 10.9 Å².